The highest BCUT2D eigenvalue weighted by Gasteiger charge is 2.35. The van der Waals surface area contributed by atoms with Gasteiger partial charge in [-0.3, -0.25) is 0 Å². The molecule has 48 heavy (non-hydrogen) atoms. The van der Waals surface area contributed by atoms with Gasteiger partial charge in [0.25, 0.3) is 0 Å². The molecule has 0 aliphatic carbocycles. The molecule has 0 spiro atoms. The third-order valence-electron chi connectivity index (χ3n) is 9.91. The van der Waals surface area contributed by atoms with Crippen LogP contribution in [0.1, 0.15) is 213 Å². The Morgan fingerprint density at radius 1 is 0.333 bits per heavy atom. The van der Waals surface area contributed by atoms with E-state index in [4.69, 9.17) is 14.2 Å². The number of hydrogen-bond acceptors (Lipinski definition) is 6. The predicted octanol–water partition coefficient (Wildman–Crippen LogP) is 11.3. The van der Waals surface area contributed by atoms with Crippen molar-refractivity contribution in [3.8, 4) is 0 Å². The van der Waals surface area contributed by atoms with Gasteiger partial charge in [0.1, 0.15) is 24.4 Å². The molecule has 0 aliphatic heterocycles. The molecule has 3 N–H and O–H groups in total. The zero-order valence-electron chi connectivity index (χ0n) is 32.6. The average molecular weight is 687 g/mol. The second kappa shape index (κ2) is 39.5. The summed E-state index contributed by atoms with van der Waals surface area (Å²) in [6.07, 6.45) is 34.3. The summed E-state index contributed by atoms with van der Waals surface area (Å²) in [6.45, 7) is 7.82. The van der Waals surface area contributed by atoms with E-state index >= 15 is 0 Å². The Morgan fingerprint density at radius 3 is 0.875 bits per heavy atom. The van der Waals surface area contributed by atoms with Crippen LogP contribution >= 0.6 is 0 Å². The van der Waals surface area contributed by atoms with Gasteiger partial charge in [0, 0.05) is 19.8 Å². The molecule has 0 bridgehead atoms. The molecule has 0 aliphatic rings. The van der Waals surface area contributed by atoms with Gasteiger partial charge in [-0.2, -0.15) is 0 Å². The fourth-order valence-electron chi connectivity index (χ4n) is 6.61. The van der Waals surface area contributed by atoms with Crippen molar-refractivity contribution in [1.29, 1.82) is 0 Å². The van der Waals surface area contributed by atoms with Crippen LogP contribution in [-0.2, 0) is 14.2 Å². The lowest BCUT2D eigenvalue weighted by molar-refractivity contribution is -0.174. The first-order valence-corrected chi connectivity index (χ1v) is 21.4. The molecule has 0 aromatic rings. The van der Waals surface area contributed by atoms with E-state index in [1.54, 1.807) is 0 Å². The first-order valence-electron chi connectivity index (χ1n) is 21.4. The van der Waals surface area contributed by atoms with E-state index in [1.807, 2.05) is 0 Å². The lowest BCUT2D eigenvalue weighted by Crippen LogP contribution is -2.50. The fraction of sp³-hybridized carbons (Fsp3) is 1.00. The first kappa shape index (κ1) is 47.8. The molecule has 0 fully saturated rings. The highest BCUT2D eigenvalue weighted by molar-refractivity contribution is 4.84. The Balaban J connectivity index is 4.63. The highest BCUT2D eigenvalue weighted by atomic mass is 16.6. The van der Waals surface area contributed by atoms with Crippen LogP contribution in [0, 0.1) is 0 Å². The smallest absolute Gasteiger partial charge is 0.114 e. The maximum Gasteiger partial charge on any atom is 0.114 e. The highest BCUT2D eigenvalue weighted by Crippen LogP contribution is 2.19. The summed E-state index contributed by atoms with van der Waals surface area (Å²) in [4.78, 5) is 0. The summed E-state index contributed by atoms with van der Waals surface area (Å²) in [7, 11) is 0. The van der Waals surface area contributed by atoms with Crippen LogP contribution in [0.5, 0.6) is 0 Å². The van der Waals surface area contributed by atoms with Gasteiger partial charge in [0.15, 0.2) is 0 Å². The van der Waals surface area contributed by atoms with Crippen LogP contribution in [0.25, 0.3) is 0 Å². The minimum atomic E-state index is -1.06. The van der Waals surface area contributed by atoms with Gasteiger partial charge >= 0.3 is 0 Å². The number of unbranched alkanes of at least 4 members (excludes halogenated alkanes) is 27. The molecule has 290 valence electrons. The topological polar surface area (TPSA) is 88.4 Å². The van der Waals surface area contributed by atoms with Crippen LogP contribution in [-0.4, -0.2) is 72.8 Å². The summed E-state index contributed by atoms with van der Waals surface area (Å²) < 4.78 is 18.4. The molecule has 0 aromatic carbocycles. The van der Waals surface area contributed by atoms with Gasteiger partial charge in [-0.15, -0.1) is 0 Å². The van der Waals surface area contributed by atoms with Crippen molar-refractivity contribution in [2.75, 3.05) is 33.0 Å². The Kier molecular flexibility index (Phi) is 39.3. The Hall–Kier alpha value is -0.240. The van der Waals surface area contributed by atoms with Crippen molar-refractivity contribution in [3.05, 3.63) is 0 Å². The quantitative estimate of drug-likeness (QED) is 0.0555. The predicted molar refractivity (Wildman–Crippen MR) is 205 cm³/mol. The normalized spacial score (nSPS) is 14.4. The Morgan fingerprint density at radius 2 is 0.583 bits per heavy atom. The van der Waals surface area contributed by atoms with E-state index in [2.05, 4.69) is 20.8 Å². The molecule has 0 rings (SSSR count). The van der Waals surface area contributed by atoms with Crippen LogP contribution in [0.2, 0.25) is 0 Å². The van der Waals surface area contributed by atoms with Crippen LogP contribution in [0.4, 0.5) is 0 Å². The number of rotatable bonds is 41. The summed E-state index contributed by atoms with van der Waals surface area (Å²) >= 11 is 0. The summed E-state index contributed by atoms with van der Waals surface area (Å²) in [5.41, 5.74) is 0. The van der Waals surface area contributed by atoms with Crippen molar-refractivity contribution in [2.24, 2.45) is 0 Å². The molecule has 0 heterocycles. The van der Waals surface area contributed by atoms with Crippen LogP contribution in [0.15, 0.2) is 0 Å². The zero-order valence-corrected chi connectivity index (χ0v) is 32.6. The van der Waals surface area contributed by atoms with Crippen LogP contribution in [0.3, 0.4) is 0 Å². The van der Waals surface area contributed by atoms with E-state index in [0.29, 0.717) is 19.8 Å². The van der Waals surface area contributed by atoms with Crippen molar-refractivity contribution in [1.82, 2.24) is 0 Å². The van der Waals surface area contributed by atoms with E-state index in [0.717, 1.165) is 38.5 Å². The van der Waals surface area contributed by atoms with Crippen molar-refractivity contribution < 1.29 is 29.5 Å². The van der Waals surface area contributed by atoms with Crippen molar-refractivity contribution in [2.45, 2.75) is 238 Å². The Bertz CT molecular complexity index is 590. The molecule has 6 nitrogen and oxygen atoms in total. The van der Waals surface area contributed by atoms with Gasteiger partial charge in [-0.1, -0.05) is 194 Å². The van der Waals surface area contributed by atoms with E-state index in [1.165, 1.54) is 154 Å². The first-order chi connectivity index (χ1) is 23.7. The molecule has 6 heteroatoms. The molecular formula is C42H86O6. The molecule has 0 aromatic heterocycles. The van der Waals surface area contributed by atoms with Gasteiger partial charge in [-0.25, -0.2) is 0 Å². The summed E-state index contributed by atoms with van der Waals surface area (Å²) in [6, 6.07) is 0. The lowest BCUT2D eigenvalue weighted by atomic mass is 10.0. The maximum atomic E-state index is 11.4. The number of aliphatic hydroxyl groups is 3. The van der Waals surface area contributed by atoms with Crippen LogP contribution < -0.4 is 0 Å². The summed E-state index contributed by atoms with van der Waals surface area (Å²) in [5.74, 6) is 0. The fourth-order valence-corrected chi connectivity index (χ4v) is 6.61. The molecular weight excluding hydrogens is 600 g/mol. The van der Waals surface area contributed by atoms with E-state index in [-0.39, 0.29) is 13.2 Å². The third kappa shape index (κ3) is 30.6. The number of aliphatic hydroxyl groups excluding tert-OH is 3. The average Bonchev–Trinajstić information content (AvgIpc) is 3.10. The molecule has 4 atom stereocenters. The standard InChI is InChI=1S/C42H86O6/c1-4-7-10-13-16-19-22-25-28-31-34-46-39(37-43)41(45)42(48-36-33-30-27-24-21-18-15-12-9-6-3)40(38-44)47-35-32-29-26-23-20-17-14-11-8-5-2/h39-45H,4-38H2,1-3H3/t39-,40+,41+,42+/m0/s1. The SMILES string of the molecule is CCCCCCCCCCCCO[C@@H]([C@H](O)[C@H](CO)OCCCCCCCCCCCC)[C@@H](CO)OCCCCCCCCCCCC. The summed E-state index contributed by atoms with van der Waals surface area (Å²) in [5, 5.41) is 31.8. The van der Waals surface area contributed by atoms with Gasteiger partial charge in [0.2, 0.25) is 0 Å². The molecule has 0 unspecified atom stereocenters. The van der Waals surface area contributed by atoms with E-state index < -0.39 is 24.4 Å². The number of hydrogen-bond donors (Lipinski definition) is 3. The van der Waals surface area contributed by atoms with Gasteiger partial charge < -0.3 is 29.5 Å². The zero-order chi connectivity index (χ0) is 35.2. The monoisotopic (exact) mass is 687 g/mol. The number of ether oxygens (including phenoxy) is 3. The van der Waals surface area contributed by atoms with Crippen molar-refractivity contribution >= 4 is 0 Å². The molecule has 0 radical (unpaired) electrons. The third-order valence-corrected chi connectivity index (χ3v) is 9.91. The minimum Gasteiger partial charge on any atom is -0.394 e. The van der Waals surface area contributed by atoms with Gasteiger partial charge in [0.05, 0.1) is 13.2 Å². The molecule has 0 saturated heterocycles. The molecule has 0 amide bonds. The second-order valence-corrected chi connectivity index (χ2v) is 14.6. The van der Waals surface area contributed by atoms with E-state index in [9.17, 15) is 15.3 Å². The largest absolute Gasteiger partial charge is 0.394 e. The minimum absolute atomic E-state index is 0.228. The van der Waals surface area contributed by atoms with Gasteiger partial charge in [-0.05, 0) is 19.3 Å². The molecule has 0 saturated carbocycles. The maximum absolute atomic E-state index is 11.4. The Labute approximate surface area is 299 Å². The van der Waals surface area contributed by atoms with Crippen molar-refractivity contribution in [3.63, 3.8) is 0 Å². The second-order valence-electron chi connectivity index (χ2n) is 14.6. The lowest BCUT2D eigenvalue weighted by Gasteiger charge is -2.33.